The lowest BCUT2D eigenvalue weighted by Gasteiger charge is -2.18. The molecule has 1 atom stereocenters. The Kier molecular flexibility index (Phi) is 56.9. The standard InChI is InChI=1S/C67H110O6/c1-4-7-10-13-16-18-20-22-24-25-26-27-28-29-30-31-32-33-34-35-36-37-38-39-40-41-42-43-44-46-47-49-51-54-57-60-66(69)72-63-64(62-71-65(68)59-56-53-15-12-9-6-3)73-67(70)61-58-55-52-50-48-45-23-21-19-17-14-11-8-5-2/h7,10,14,16-18,21-24,26-27,29-30,32-33,35-36,38-39,64H,4-6,8-9,11-13,15,19-20,25,28,31,34,37,40-63H2,1-3H3/b10-7-,17-14-,18-16-,23-21-,24-22-,27-26-,30-29-,33-32-,36-35-,39-38-. The van der Waals surface area contributed by atoms with Crippen LogP contribution in [-0.2, 0) is 28.6 Å². The molecule has 0 fully saturated rings. The van der Waals surface area contributed by atoms with Crippen LogP contribution in [0.15, 0.2) is 122 Å². The van der Waals surface area contributed by atoms with Crippen molar-refractivity contribution in [2.45, 2.75) is 271 Å². The molecule has 6 nitrogen and oxygen atoms in total. The molecular formula is C67H110O6. The monoisotopic (exact) mass is 1010 g/mol. The number of hydrogen-bond donors (Lipinski definition) is 0. The van der Waals surface area contributed by atoms with Crippen LogP contribution in [0.1, 0.15) is 265 Å². The van der Waals surface area contributed by atoms with E-state index in [9.17, 15) is 14.4 Å². The highest BCUT2D eigenvalue weighted by molar-refractivity contribution is 5.71. The van der Waals surface area contributed by atoms with Gasteiger partial charge in [-0.25, -0.2) is 0 Å². The molecule has 6 heteroatoms. The maximum Gasteiger partial charge on any atom is 0.306 e. The number of carbonyl (C=O) groups is 3. The van der Waals surface area contributed by atoms with E-state index >= 15 is 0 Å². The Morgan fingerprint density at radius 2 is 0.548 bits per heavy atom. The summed E-state index contributed by atoms with van der Waals surface area (Å²) in [5.74, 6) is -0.915. The molecule has 0 aliphatic rings. The molecule has 0 N–H and O–H groups in total. The second-order valence-corrected chi connectivity index (χ2v) is 19.5. The van der Waals surface area contributed by atoms with E-state index in [0.717, 1.165) is 135 Å². The Labute approximate surface area is 450 Å². The van der Waals surface area contributed by atoms with Gasteiger partial charge in [-0.1, -0.05) is 258 Å². The van der Waals surface area contributed by atoms with E-state index in [2.05, 4.69) is 142 Å². The molecule has 0 radical (unpaired) electrons. The van der Waals surface area contributed by atoms with E-state index in [-0.39, 0.29) is 31.1 Å². The molecule has 0 aromatic rings. The summed E-state index contributed by atoms with van der Waals surface area (Å²) in [6.07, 6.45) is 83.8. The van der Waals surface area contributed by atoms with Gasteiger partial charge in [-0.15, -0.1) is 0 Å². The smallest absolute Gasteiger partial charge is 0.306 e. The highest BCUT2D eigenvalue weighted by Gasteiger charge is 2.19. The Morgan fingerprint density at radius 1 is 0.288 bits per heavy atom. The topological polar surface area (TPSA) is 78.9 Å². The first kappa shape index (κ1) is 68.8. The quantitative estimate of drug-likeness (QED) is 0.0261. The molecule has 0 aromatic carbocycles. The first-order valence-corrected chi connectivity index (χ1v) is 30.0. The van der Waals surface area contributed by atoms with E-state index in [1.54, 1.807) is 0 Å². The van der Waals surface area contributed by atoms with Crippen LogP contribution in [0.5, 0.6) is 0 Å². The summed E-state index contributed by atoms with van der Waals surface area (Å²) in [6, 6.07) is 0. The molecule has 73 heavy (non-hydrogen) atoms. The van der Waals surface area contributed by atoms with Crippen LogP contribution in [0.25, 0.3) is 0 Å². The zero-order valence-corrected chi connectivity index (χ0v) is 47.4. The Morgan fingerprint density at radius 3 is 0.877 bits per heavy atom. The second kappa shape index (κ2) is 60.4. The molecular weight excluding hydrogens is 901 g/mol. The van der Waals surface area contributed by atoms with E-state index in [4.69, 9.17) is 14.2 Å². The van der Waals surface area contributed by atoms with E-state index in [1.807, 2.05) is 0 Å². The molecule has 0 heterocycles. The first-order chi connectivity index (χ1) is 36.0. The first-order valence-electron chi connectivity index (χ1n) is 30.0. The van der Waals surface area contributed by atoms with Crippen molar-refractivity contribution in [1.82, 2.24) is 0 Å². The van der Waals surface area contributed by atoms with Crippen LogP contribution in [0.4, 0.5) is 0 Å². The summed E-state index contributed by atoms with van der Waals surface area (Å²) in [5, 5.41) is 0. The molecule has 0 saturated heterocycles. The fourth-order valence-electron chi connectivity index (χ4n) is 7.94. The number of esters is 3. The van der Waals surface area contributed by atoms with Crippen molar-refractivity contribution in [3.63, 3.8) is 0 Å². The lowest BCUT2D eigenvalue weighted by molar-refractivity contribution is -0.167. The Bertz CT molecular complexity index is 1540. The van der Waals surface area contributed by atoms with Gasteiger partial charge in [0.2, 0.25) is 0 Å². The van der Waals surface area contributed by atoms with Crippen molar-refractivity contribution in [1.29, 1.82) is 0 Å². The fraction of sp³-hybridized carbons (Fsp3) is 0.657. The van der Waals surface area contributed by atoms with Crippen LogP contribution in [0.2, 0.25) is 0 Å². The van der Waals surface area contributed by atoms with Crippen molar-refractivity contribution in [2.24, 2.45) is 0 Å². The van der Waals surface area contributed by atoms with Gasteiger partial charge in [0.05, 0.1) is 0 Å². The van der Waals surface area contributed by atoms with Gasteiger partial charge in [0, 0.05) is 19.3 Å². The molecule has 0 spiro atoms. The number of unbranched alkanes of at least 4 members (excludes halogenated alkanes) is 22. The van der Waals surface area contributed by atoms with Gasteiger partial charge in [-0.2, -0.15) is 0 Å². The average Bonchev–Trinajstić information content (AvgIpc) is 3.39. The molecule has 0 saturated carbocycles. The van der Waals surface area contributed by atoms with Gasteiger partial charge >= 0.3 is 17.9 Å². The predicted molar refractivity (Wildman–Crippen MR) is 316 cm³/mol. The highest BCUT2D eigenvalue weighted by Crippen LogP contribution is 2.15. The van der Waals surface area contributed by atoms with Crippen molar-refractivity contribution in [3.05, 3.63) is 122 Å². The number of allylic oxidation sites excluding steroid dienone is 20. The predicted octanol–water partition coefficient (Wildman–Crippen LogP) is 20.4. The summed E-state index contributed by atoms with van der Waals surface area (Å²) >= 11 is 0. The zero-order valence-electron chi connectivity index (χ0n) is 47.4. The Balaban J connectivity index is 4.06. The normalized spacial score (nSPS) is 13.0. The van der Waals surface area contributed by atoms with Gasteiger partial charge in [0.15, 0.2) is 6.10 Å². The summed E-state index contributed by atoms with van der Waals surface area (Å²) in [7, 11) is 0. The third-order valence-corrected chi connectivity index (χ3v) is 12.5. The van der Waals surface area contributed by atoms with Crippen LogP contribution in [0.3, 0.4) is 0 Å². The summed E-state index contributed by atoms with van der Waals surface area (Å²) in [4.78, 5) is 37.8. The minimum atomic E-state index is -0.785. The lowest BCUT2D eigenvalue weighted by Crippen LogP contribution is -2.30. The van der Waals surface area contributed by atoms with Crippen molar-refractivity contribution in [3.8, 4) is 0 Å². The molecule has 0 aliphatic heterocycles. The largest absolute Gasteiger partial charge is 0.462 e. The van der Waals surface area contributed by atoms with Gasteiger partial charge in [0.25, 0.3) is 0 Å². The lowest BCUT2D eigenvalue weighted by atomic mass is 10.1. The van der Waals surface area contributed by atoms with Crippen molar-refractivity contribution < 1.29 is 28.6 Å². The third-order valence-electron chi connectivity index (χ3n) is 12.5. The molecule has 0 aromatic heterocycles. The molecule has 0 aliphatic carbocycles. The maximum atomic E-state index is 12.8. The number of ether oxygens (including phenoxy) is 3. The van der Waals surface area contributed by atoms with Gasteiger partial charge in [0.1, 0.15) is 13.2 Å². The summed E-state index contributed by atoms with van der Waals surface area (Å²) in [5.41, 5.74) is 0. The summed E-state index contributed by atoms with van der Waals surface area (Å²) < 4.78 is 16.7. The number of carbonyl (C=O) groups excluding carboxylic acids is 3. The van der Waals surface area contributed by atoms with Crippen molar-refractivity contribution in [2.75, 3.05) is 13.2 Å². The Hall–Kier alpha value is -4.19. The average molecular weight is 1010 g/mol. The minimum absolute atomic E-state index is 0.0854. The van der Waals surface area contributed by atoms with Crippen molar-refractivity contribution >= 4 is 17.9 Å². The molecule has 0 bridgehead atoms. The fourth-order valence-corrected chi connectivity index (χ4v) is 7.94. The van der Waals surface area contributed by atoms with E-state index < -0.39 is 6.10 Å². The van der Waals surface area contributed by atoms with Gasteiger partial charge < -0.3 is 14.2 Å². The highest BCUT2D eigenvalue weighted by atomic mass is 16.6. The molecule has 414 valence electrons. The van der Waals surface area contributed by atoms with Gasteiger partial charge in [-0.3, -0.25) is 14.4 Å². The third kappa shape index (κ3) is 58.6. The van der Waals surface area contributed by atoms with E-state index in [1.165, 1.54) is 89.9 Å². The molecule has 0 amide bonds. The zero-order chi connectivity index (χ0) is 52.9. The maximum absolute atomic E-state index is 12.8. The minimum Gasteiger partial charge on any atom is -0.462 e. The van der Waals surface area contributed by atoms with Crippen LogP contribution >= 0.6 is 0 Å². The SMILES string of the molecule is CC/C=C\C/C=C\C/C=C\C/C=C\C/C=C\C/C=C\C/C=C\C/C=C\CCCCCCCCCCCCC(=O)OCC(COC(=O)CCCCCCCC)OC(=O)CCCCCCC/C=C\C/C=C\CCCC. The molecule has 1 unspecified atom stereocenters. The summed E-state index contributed by atoms with van der Waals surface area (Å²) in [6.45, 7) is 6.40. The van der Waals surface area contributed by atoms with Crippen LogP contribution < -0.4 is 0 Å². The van der Waals surface area contributed by atoms with E-state index in [0.29, 0.717) is 19.3 Å². The second-order valence-electron chi connectivity index (χ2n) is 19.5. The van der Waals surface area contributed by atoms with Gasteiger partial charge in [-0.05, 0) is 109 Å². The number of hydrogen-bond acceptors (Lipinski definition) is 6. The number of rotatable bonds is 53. The van der Waals surface area contributed by atoms with Crippen LogP contribution in [0, 0.1) is 0 Å². The van der Waals surface area contributed by atoms with Crippen LogP contribution in [-0.4, -0.2) is 37.2 Å². The molecule has 0 rings (SSSR count).